The summed E-state index contributed by atoms with van der Waals surface area (Å²) in [6.07, 6.45) is 1.83. The zero-order valence-electron chi connectivity index (χ0n) is 12.1. The number of thiophene rings is 1. The molecule has 0 spiro atoms. The molecule has 0 bridgehead atoms. The van der Waals surface area contributed by atoms with Gasteiger partial charge in [0.05, 0.1) is 5.52 Å². The van der Waals surface area contributed by atoms with E-state index in [1.165, 1.54) is 10.4 Å². The van der Waals surface area contributed by atoms with Gasteiger partial charge >= 0.3 is 0 Å². The summed E-state index contributed by atoms with van der Waals surface area (Å²) < 4.78 is 0. The summed E-state index contributed by atoms with van der Waals surface area (Å²) in [4.78, 5) is 8.34. The molecule has 3 nitrogen and oxygen atoms in total. The lowest BCUT2D eigenvalue weighted by atomic mass is 10.1. The fourth-order valence-electron chi connectivity index (χ4n) is 2.52. The van der Waals surface area contributed by atoms with Crippen LogP contribution in [-0.2, 0) is 13.1 Å². The number of pyridine rings is 1. The van der Waals surface area contributed by atoms with Crippen molar-refractivity contribution < 1.29 is 0 Å². The number of nitrogens with two attached hydrogens (primary N) is 1. The van der Waals surface area contributed by atoms with E-state index < -0.39 is 0 Å². The number of aromatic nitrogens is 1. The molecule has 2 aromatic heterocycles. The molecule has 2 N–H and O–H groups in total. The van der Waals surface area contributed by atoms with Crippen LogP contribution in [0.4, 0.5) is 5.69 Å². The van der Waals surface area contributed by atoms with Crippen LogP contribution in [0.2, 0.25) is 0 Å². The first-order valence-corrected chi connectivity index (χ1v) is 8.02. The Bertz CT molecular complexity index is 722. The van der Waals surface area contributed by atoms with E-state index in [-0.39, 0.29) is 0 Å². The predicted molar refractivity (Wildman–Crippen MR) is 90.3 cm³/mol. The Morgan fingerprint density at radius 1 is 1.14 bits per heavy atom. The second kappa shape index (κ2) is 6.24. The highest BCUT2D eigenvalue weighted by molar-refractivity contribution is 7.09. The largest absolute Gasteiger partial charge is 0.398 e. The summed E-state index contributed by atoms with van der Waals surface area (Å²) in [5.41, 5.74) is 9.09. The SMILES string of the molecule is CCN(Cc1cccs1)Cc1ccc(N)c2cccnc12. The molecule has 0 unspecified atom stereocenters. The normalized spacial score (nSPS) is 11.3. The Balaban J connectivity index is 1.88. The third-order valence-electron chi connectivity index (χ3n) is 3.69. The Hall–Kier alpha value is -1.91. The first-order chi connectivity index (χ1) is 10.3. The van der Waals surface area contributed by atoms with E-state index in [0.29, 0.717) is 0 Å². The van der Waals surface area contributed by atoms with Crippen molar-refractivity contribution in [1.29, 1.82) is 0 Å². The molecule has 0 atom stereocenters. The number of fused-ring (bicyclic) bond motifs is 1. The van der Waals surface area contributed by atoms with Crippen molar-refractivity contribution in [3.05, 3.63) is 58.4 Å². The standard InChI is InChI=1S/C17H19N3S/c1-2-20(12-14-5-4-10-21-14)11-13-7-8-16(18)15-6-3-9-19-17(13)15/h3-10H,2,11-12,18H2,1H3. The Morgan fingerprint density at radius 2 is 2.05 bits per heavy atom. The van der Waals surface area contributed by atoms with E-state index in [1.807, 2.05) is 24.4 Å². The molecule has 0 radical (unpaired) electrons. The molecular formula is C17H19N3S. The molecule has 0 amide bonds. The Morgan fingerprint density at radius 3 is 2.81 bits per heavy atom. The third-order valence-corrected chi connectivity index (χ3v) is 4.55. The average Bonchev–Trinajstić information content (AvgIpc) is 3.02. The van der Waals surface area contributed by atoms with Gasteiger partial charge in [0.15, 0.2) is 0 Å². The van der Waals surface area contributed by atoms with Crippen molar-refractivity contribution in [1.82, 2.24) is 9.88 Å². The summed E-state index contributed by atoms with van der Waals surface area (Å²) in [5, 5.41) is 3.17. The second-order valence-corrected chi connectivity index (χ2v) is 6.13. The van der Waals surface area contributed by atoms with Gasteiger partial charge in [0, 0.05) is 35.2 Å². The predicted octanol–water partition coefficient (Wildman–Crippen LogP) is 3.90. The van der Waals surface area contributed by atoms with Crippen LogP contribution in [0.5, 0.6) is 0 Å². The summed E-state index contributed by atoms with van der Waals surface area (Å²) in [7, 11) is 0. The van der Waals surface area contributed by atoms with E-state index in [9.17, 15) is 0 Å². The van der Waals surface area contributed by atoms with Crippen molar-refractivity contribution in [2.45, 2.75) is 20.0 Å². The number of nitrogen functional groups attached to an aromatic ring is 1. The zero-order valence-corrected chi connectivity index (χ0v) is 12.9. The average molecular weight is 297 g/mol. The third kappa shape index (κ3) is 3.06. The molecule has 0 aliphatic heterocycles. The van der Waals surface area contributed by atoms with Gasteiger partial charge in [-0.1, -0.05) is 19.1 Å². The van der Waals surface area contributed by atoms with Gasteiger partial charge in [-0.05, 0) is 41.8 Å². The number of nitrogens with zero attached hydrogens (tertiary/aromatic N) is 2. The van der Waals surface area contributed by atoms with E-state index in [4.69, 9.17) is 5.73 Å². The molecular weight excluding hydrogens is 278 g/mol. The van der Waals surface area contributed by atoms with Gasteiger partial charge in [0.1, 0.15) is 0 Å². The monoisotopic (exact) mass is 297 g/mol. The molecule has 0 saturated heterocycles. The van der Waals surface area contributed by atoms with E-state index in [1.54, 1.807) is 11.3 Å². The fourth-order valence-corrected chi connectivity index (χ4v) is 3.27. The molecule has 108 valence electrons. The molecule has 3 rings (SSSR count). The highest BCUT2D eigenvalue weighted by Gasteiger charge is 2.10. The summed E-state index contributed by atoms with van der Waals surface area (Å²) in [5.74, 6) is 0. The molecule has 0 aliphatic rings. The number of anilines is 1. The van der Waals surface area contributed by atoms with E-state index in [2.05, 4.69) is 40.4 Å². The zero-order chi connectivity index (χ0) is 14.7. The topological polar surface area (TPSA) is 42.1 Å². The van der Waals surface area contributed by atoms with Crippen LogP contribution < -0.4 is 5.73 Å². The van der Waals surface area contributed by atoms with Gasteiger partial charge in [-0.2, -0.15) is 0 Å². The van der Waals surface area contributed by atoms with Crippen LogP contribution >= 0.6 is 11.3 Å². The highest BCUT2D eigenvalue weighted by Crippen LogP contribution is 2.24. The van der Waals surface area contributed by atoms with Crippen molar-refractivity contribution >= 4 is 27.9 Å². The highest BCUT2D eigenvalue weighted by atomic mass is 32.1. The van der Waals surface area contributed by atoms with Gasteiger partial charge in [0.25, 0.3) is 0 Å². The lowest BCUT2D eigenvalue weighted by Gasteiger charge is -2.20. The van der Waals surface area contributed by atoms with E-state index >= 15 is 0 Å². The van der Waals surface area contributed by atoms with Gasteiger partial charge < -0.3 is 5.73 Å². The lowest BCUT2D eigenvalue weighted by molar-refractivity contribution is 0.275. The maximum Gasteiger partial charge on any atom is 0.0767 e. The summed E-state index contributed by atoms with van der Waals surface area (Å²) in [6.45, 7) is 5.08. The molecule has 0 aliphatic carbocycles. The van der Waals surface area contributed by atoms with Gasteiger partial charge in [-0.3, -0.25) is 9.88 Å². The maximum absolute atomic E-state index is 6.05. The van der Waals surface area contributed by atoms with Crippen molar-refractivity contribution in [2.75, 3.05) is 12.3 Å². The minimum Gasteiger partial charge on any atom is -0.398 e. The van der Waals surface area contributed by atoms with E-state index in [0.717, 1.165) is 36.2 Å². The van der Waals surface area contributed by atoms with Crippen molar-refractivity contribution in [3.8, 4) is 0 Å². The van der Waals surface area contributed by atoms with Crippen LogP contribution in [0.3, 0.4) is 0 Å². The number of hydrogen-bond donors (Lipinski definition) is 1. The quantitative estimate of drug-likeness (QED) is 0.726. The first kappa shape index (κ1) is 14.0. The minimum absolute atomic E-state index is 0.795. The van der Waals surface area contributed by atoms with Crippen LogP contribution in [0, 0.1) is 0 Å². The molecule has 0 saturated carbocycles. The second-order valence-electron chi connectivity index (χ2n) is 5.10. The lowest BCUT2D eigenvalue weighted by Crippen LogP contribution is -2.22. The molecule has 3 aromatic rings. The number of benzene rings is 1. The van der Waals surface area contributed by atoms with Gasteiger partial charge in [-0.25, -0.2) is 0 Å². The molecule has 1 aromatic carbocycles. The minimum atomic E-state index is 0.795. The Labute approximate surface area is 129 Å². The number of rotatable bonds is 5. The maximum atomic E-state index is 6.05. The van der Waals surface area contributed by atoms with Gasteiger partial charge in [-0.15, -0.1) is 11.3 Å². The summed E-state index contributed by atoms with van der Waals surface area (Å²) >= 11 is 1.81. The molecule has 2 heterocycles. The van der Waals surface area contributed by atoms with Crippen LogP contribution in [-0.4, -0.2) is 16.4 Å². The molecule has 0 fully saturated rings. The number of hydrogen-bond acceptors (Lipinski definition) is 4. The smallest absolute Gasteiger partial charge is 0.0767 e. The van der Waals surface area contributed by atoms with Gasteiger partial charge in [0.2, 0.25) is 0 Å². The Kier molecular flexibility index (Phi) is 4.18. The van der Waals surface area contributed by atoms with Crippen LogP contribution in [0.15, 0.2) is 48.0 Å². The van der Waals surface area contributed by atoms with Crippen molar-refractivity contribution in [3.63, 3.8) is 0 Å². The molecule has 4 heteroatoms. The first-order valence-electron chi connectivity index (χ1n) is 7.14. The van der Waals surface area contributed by atoms with Crippen LogP contribution in [0.1, 0.15) is 17.4 Å². The summed E-state index contributed by atoms with van der Waals surface area (Å²) in [6, 6.07) is 12.4. The van der Waals surface area contributed by atoms with Crippen LogP contribution in [0.25, 0.3) is 10.9 Å². The van der Waals surface area contributed by atoms with Crippen molar-refractivity contribution in [2.24, 2.45) is 0 Å². The fraction of sp³-hybridized carbons (Fsp3) is 0.235. The molecule has 21 heavy (non-hydrogen) atoms.